The molecule has 0 heterocycles. The standard InChI is InChI=1S/C13H25NO3S/c1-9(2)5-11(6-13(16)17)7-14-12(15)8-18-10(3)4/h9-11H,5-8H2,1-4H3,(H,14,15)(H,16,17)/t11-/m0/s1. The van der Waals surface area contributed by atoms with Crippen LogP contribution in [0.2, 0.25) is 0 Å². The molecule has 0 rings (SSSR count). The highest BCUT2D eigenvalue weighted by molar-refractivity contribution is 8.00. The minimum atomic E-state index is -0.800. The van der Waals surface area contributed by atoms with E-state index in [0.29, 0.717) is 23.5 Å². The number of carboxylic acid groups (broad SMARTS) is 1. The predicted octanol–water partition coefficient (Wildman–Crippen LogP) is 2.38. The molecule has 0 aliphatic carbocycles. The predicted molar refractivity (Wildman–Crippen MR) is 75.8 cm³/mol. The highest BCUT2D eigenvalue weighted by Gasteiger charge is 2.16. The zero-order valence-electron chi connectivity index (χ0n) is 11.7. The van der Waals surface area contributed by atoms with Gasteiger partial charge in [-0.05, 0) is 23.5 Å². The molecular weight excluding hydrogens is 250 g/mol. The summed E-state index contributed by atoms with van der Waals surface area (Å²) < 4.78 is 0. The van der Waals surface area contributed by atoms with Gasteiger partial charge in [0.25, 0.3) is 0 Å². The van der Waals surface area contributed by atoms with Crippen molar-refractivity contribution >= 4 is 23.6 Å². The zero-order chi connectivity index (χ0) is 14.1. The van der Waals surface area contributed by atoms with Crippen molar-refractivity contribution in [3.8, 4) is 0 Å². The Morgan fingerprint density at radius 2 is 1.83 bits per heavy atom. The monoisotopic (exact) mass is 275 g/mol. The van der Waals surface area contributed by atoms with Crippen LogP contribution in [0, 0.1) is 11.8 Å². The van der Waals surface area contributed by atoms with Gasteiger partial charge in [-0.1, -0.05) is 27.7 Å². The molecule has 0 fully saturated rings. The van der Waals surface area contributed by atoms with E-state index >= 15 is 0 Å². The van der Waals surface area contributed by atoms with Crippen LogP contribution >= 0.6 is 11.8 Å². The van der Waals surface area contributed by atoms with Crippen LogP contribution < -0.4 is 5.32 Å². The molecule has 0 spiro atoms. The zero-order valence-corrected chi connectivity index (χ0v) is 12.5. The minimum Gasteiger partial charge on any atom is -0.481 e. The second-order valence-corrected chi connectivity index (χ2v) is 6.82. The van der Waals surface area contributed by atoms with Crippen LogP contribution in [0.15, 0.2) is 0 Å². The van der Waals surface area contributed by atoms with Gasteiger partial charge in [0.2, 0.25) is 5.91 Å². The molecule has 106 valence electrons. The highest BCUT2D eigenvalue weighted by atomic mass is 32.2. The number of carboxylic acids is 1. The number of hydrogen-bond acceptors (Lipinski definition) is 3. The molecular formula is C13H25NO3S. The Bertz CT molecular complexity index is 267. The Morgan fingerprint density at radius 3 is 2.28 bits per heavy atom. The molecule has 4 nitrogen and oxygen atoms in total. The smallest absolute Gasteiger partial charge is 0.303 e. The van der Waals surface area contributed by atoms with Gasteiger partial charge in [0, 0.05) is 13.0 Å². The van der Waals surface area contributed by atoms with Crippen molar-refractivity contribution in [1.82, 2.24) is 5.32 Å². The molecule has 0 saturated heterocycles. The molecule has 18 heavy (non-hydrogen) atoms. The van der Waals surface area contributed by atoms with Crippen molar-refractivity contribution in [2.24, 2.45) is 11.8 Å². The largest absolute Gasteiger partial charge is 0.481 e. The van der Waals surface area contributed by atoms with E-state index in [1.807, 2.05) is 13.8 Å². The third kappa shape index (κ3) is 10.4. The summed E-state index contributed by atoms with van der Waals surface area (Å²) in [6.07, 6.45) is 0.944. The van der Waals surface area contributed by atoms with Gasteiger partial charge < -0.3 is 10.4 Å². The molecule has 0 bridgehead atoms. The molecule has 0 aromatic rings. The van der Waals surface area contributed by atoms with Gasteiger partial charge in [-0.3, -0.25) is 9.59 Å². The number of carbonyl (C=O) groups is 2. The van der Waals surface area contributed by atoms with Gasteiger partial charge in [0.15, 0.2) is 0 Å². The molecule has 0 radical (unpaired) electrons. The summed E-state index contributed by atoms with van der Waals surface area (Å²) in [5.74, 6) is 0.102. The van der Waals surface area contributed by atoms with Gasteiger partial charge in [-0.25, -0.2) is 0 Å². The topological polar surface area (TPSA) is 66.4 Å². The van der Waals surface area contributed by atoms with Crippen LogP contribution in [0.3, 0.4) is 0 Å². The number of carbonyl (C=O) groups excluding carboxylic acids is 1. The SMILES string of the molecule is CC(C)C[C@H](CNC(=O)CSC(C)C)CC(=O)O. The molecule has 1 atom stereocenters. The van der Waals surface area contributed by atoms with Crippen molar-refractivity contribution in [1.29, 1.82) is 0 Å². The van der Waals surface area contributed by atoms with E-state index < -0.39 is 5.97 Å². The molecule has 1 amide bonds. The van der Waals surface area contributed by atoms with Crippen molar-refractivity contribution < 1.29 is 14.7 Å². The summed E-state index contributed by atoms with van der Waals surface area (Å²) in [7, 11) is 0. The number of aliphatic carboxylic acids is 1. The molecule has 5 heteroatoms. The maximum Gasteiger partial charge on any atom is 0.303 e. The first-order chi connectivity index (χ1) is 8.31. The van der Waals surface area contributed by atoms with Gasteiger partial charge in [0.1, 0.15) is 0 Å². The van der Waals surface area contributed by atoms with E-state index in [1.54, 1.807) is 11.8 Å². The van der Waals surface area contributed by atoms with E-state index in [-0.39, 0.29) is 18.2 Å². The highest BCUT2D eigenvalue weighted by Crippen LogP contribution is 2.15. The van der Waals surface area contributed by atoms with Crippen molar-refractivity contribution in [3.63, 3.8) is 0 Å². The number of thioether (sulfide) groups is 1. The number of hydrogen-bond donors (Lipinski definition) is 2. The number of amides is 1. The number of rotatable bonds is 9. The summed E-state index contributed by atoms with van der Waals surface area (Å²) in [6, 6.07) is 0. The molecule has 0 aliphatic rings. The van der Waals surface area contributed by atoms with Crippen LogP contribution in [0.25, 0.3) is 0 Å². The van der Waals surface area contributed by atoms with E-state index in [1.165, 1.54) is 0 Å². The van der Waals surface area contributed by atoms with E-state index in [2.05, 4.69) is 19.2 Å². The Labute approximate surface area is 114 Å². The van der Waals surface area contributed by atoms with E-state index in [4.69, 9.17) is 5.11 Å². The van der Waals surface area contributed by atoms with Crippen LogP contribution in [-0.4, -0.2) is 34.5 Å². The lowest BCUT2D eigenvalue weighted by Crippen LogP contribution is -2.32. The van der Waals surface area contributed by atoms with E-state index in [0.717, 1.165) is 6.42 Å². The third-order valence-electron chi connectivity index (χ3n) is 2.40. The summed E-state index contributed by atoms with van der Waals surface area (Å²) >= 11 is 1.59. The third-order valence-corrected chi connectivity index (χ3v) is 3.50. The lowest BCUT2D eigenvalue weighted by Gasteiger charge is -2.17. The fourth-order valence-corrected chi connectivity index (χ4v) is 2.29. The van der Waals surface area contributed by atoms with Crippen molar-refractivity contribution in [2.45, 2.75) is 45.8 Å². The Balaban J connectivity index is 4.00. The molecule has 0 unspecified atom stereocenters. The lowest BCUT2D eigenvalue weighted by atomic mass is 9.94. The van der Waals surface area contributed by atoms with Crippen LogP contribution in [-0.2, 0) is 9.59 Å². The second-order valence-electron chi connectivity index (χ2n) is 5.26. The minimum absolute atomic E-state index is 0.00663. The van der Waals surface area contributed by atoms with Gasteiger partial charge >= 0.3 is 5.97 Å². The summed E-state index contributed by atoms with van der Waals surface area (Å²) in [5.41, 5.74) is 0. The van der Waals surface area contributed by atoms with Gasteiger partial charge in [-0.2, -0.15) is 0 Å². The average molecular weight is 275 g/mol. The Morgan fingerprint density at radius 1 is 1.22 bits per heavy atom. The molecule has 2 N–H and O–H groups in total. The second kappa shape index (κ2) is 9.25. The van der Waals surface area contributed by atoms with Crippen LogP contribution in [0.4, 0.5) is 0 Å². The van der Waals surface area contributed by atoms with Crippen LogP contribution in [0.1, 0.15) is 40.5 Å². The fourth-order valence-electron chi connectivity index (χ4n) is 1.70. The lowest BCUT2D eigenvalue weighted by molar-refractivity contribution is -0.138. The molecule has 0 aliphatic heterocycles. The fraction of sp³-hybridized carbons (Fsp3) is 0.846. The molecule has 0 saturated carbocycles. The van der Waals surface area contributed by atoms with Gasteiger partial charge in [0.05, 0.1) is 5.75 Å². The Kier molecular flexibility index (Phi) is 8.89. The number of nitrogens with one attached hydrogen (secondary N) is 1. The average Bonchev–Trinajstić information content (AvgIpc) is 2.21. The summed E-state index contributed by atoms with van der Waals surface area (Å²) in [5, 5.41) is 12.1. The first-order valence-corrected chi connectivity index (χ1v) is 7.46. The van der Waals surface area contributed by atoms with Crippen molar-refractivity contribution in [2.75, 3.05) is 12.3 Å². The molecule has 0 aromatic heterocycles. The first-order valence-electron chi connectivity index (χ1n) is 6.41. The van der Waals surface area contributed by atoms with Crippen molar-refractivity contribution in [3.05, 3.63) is 0 Å². The summed E-state index contributed by atoms with van der Waals surface area (Å²) in [6.45, 7) is 8.67. The summed E-state index contributed by atoms with van der Waals surface area (Å²) in [4.78, 5) is 22.3. The van der Waals surface area contributed by atoms with E-state index in [9.17, 15) is 9.59 Å². The molecule has 0 aromatic carbocycles. The maximum atomic E-state index is 11.5. The normalized spacial score (nSPS) is 12.8. The van der Waals surface area contributed by atoms with Gasteiger partial charge in [-0.15, -0.1) is 11.8 Å². The first kappa shape index (κ1) is 17.3. The maximum absolute atomic E-state index is 11.5. The quantitative estimate of drug-likeness (QED) is 0.678. The van der Waals surface area contributed by atoms with Crippen LogP contribution in [0.5, 0.6) is 0 Å². The Hall–Kier alpha value is -0.710.